The number of likely N-dealkylation sites (N-methyl/N-ethyl adjacent to an activating group) is 1. The van der Waals surface area contributed by atoms with Gasteiger partial charge in [-0.15, -0.1) is 0 Å². The Labute approximate surface area is 125 Å². The highest BCUT2D eigenvalue weighted by Gasteiger charge is 2.39. The Morgan fingerprint density at radius 2 is 1.95 bits per heavy atom. The molecular weight excluding hydrogens is 248 g/mol. The van der Waals surface area contributed by atoms with Crippen molar-refractivity contribution in [2.45, 2.75) is 77.4 Å². The van der Waals surface area contributed by atoms with Gasteiger partial charge in [-0.05, 0) is 50.5 Å². The summed E-state index contributed by atoms with van der Waals surface area (Å²) in [4.78, 5) is 2.64. The van der Waals surface area contributed by atoms with Crippen LogP contribution >= 0.6 is 0 Å². The van der Waals surface area contributed by atoms with E-state index in [9.17, 15) is 0 Å². The Bertz CT molecular complexity index is 299. The number of rotatable bonds is 5. The average molecular weight is 282 g/mol. The van der Waals surface area contributed by atoms with Crippen LogP contribution in [-0.2, 0) is 4.74 Å². The van der Waals surface area contributed by atoms with Crippen molar-refractivity contribution in [2.24, 2.45) is 11.1 Å². The van der Waals surface area contributed by atoms with E-state index in [4.69, 9.17) is 10.5 Å². The Hall–Kier alpha value is -0.120. The van der Waals surface area contributed by atoms with E-state index in [1.807, 2.05) is 0 Å². The lowest BCUT2D eigenvalue weighted by Crippen LogP contribution is -2.55. The highest BCUT2D eigenvalue weighted by Crippen LogP contribution is 2.40. The number of hydrogen-bond donors (Lipinski definition) is 1. The first-order chi connectivity index (χ1) is 9.51. The fourth-order valence-corrected chi connectivity index (χ4v) is 4.06. The summed E-state index contributed by atoms with van der Waals surface area (Å²) in [6.07, 6.45) is 9.34. The van der Waals surface area contributed by atoms with Crippen molar-refractivity contribution in [2.75, 3.05) is 26.2 Å². The standard InChI is InChI=1S/C17H34N2O/c1-4-19(13-15-7-5-12-20-15)17(14-18)9-6-8-16(2,3)10-11-17/h15H,4-14,18H2,1-3H3. The van der Waals surface area contributed by atoms with Gasteiger partial charge in [0, 0.05) is 25.2 Å². The van der Waals surface area contributed by atoms with Crippen molar-refractivity contribution in [3.8, 4) is 0 Å². The minimum Gasteiger partial charge on any atom is -0.377 e. The molecule has 1 heterocycles. The zero-order valence-electron chi connectivity index (χ0n) is 13.8. The zero-order chi connectivity index (χ0) is 14.6. The van der Waals surface area contributed by atoms with Crippen molar-refractivity contribution in [3.63, 3.8) is 0 Å². The van der Waals surface area contributed by atoms with Gasteiger partial charge in [0.1, 0.15) is 0 Å². The van der Waals surface area contributed by atoms with Crippen LogP contribution in [0.2, 0.25) is 0 Å². The van der Waals surface area contributed by atoms with E-state index in [1.165, 1.54) is 44.9 Å². The Morgan fingerprint density at radius 3 is 2.55 bits per heavy atom. The van der Waals surface area contributed by atoms with Crippen LogP contribution in [0.15, 0.2) is 0 Å². The summed E-state index contributed by atoms with van der Waals surface area (Å²) in [6.45, 7) is 11.0. The van der Waals surface area contributed by atoms with E-state index in [1.54, 1.807) is 0 Å². The predicted octanol–water partition coefficient (Wildman–Crippen LogP) is 3.18. The van der Waals surface area contributed by atoms with Gasteiger partial charge in [0.05, 0.1) is 6.10 Å². The minimum atomic E-state index is 0.217. The van der Waals surface area contributed by atoms with E-state index in [0.29, 0.717) is 11.5 Å². The molecule has 118 valence electrons. The van der Waals surface area contributed by atoms with Crippen molar-refractivity contribution < 1.29 is 4.74 Å². The second kappa shape index (κ2) is 6.76. The molecule has 0 spiro atoms. The summed E-state index contributed by atoms with van der Waals surface area (Å²) in [5, 5.41) is 0. The van der Waals surface area contributed by atoms with Crippen molar-refractivity contribution in [3.05, 3.63) is 0 Å². The summed E-state index contributed by atoms with van der Waals surface area (Å²) in [7, 11) is 0. The monoisotopic (exact) mass is 282 g/mol. The Balaban J connectivity index is 2.06. The maximum atomic E-state index is 6.26. The van der Waals surface area contributed by atoms with Crippen LogP contribution < -0.4 is 5.73 Å². The molecule has 2 rings (SSSR count). The van der Waals surface area contributed by atoms with E-state index in [0.717, 1.165) is 26.2 Å². The molecule has 0 amide bonds. The van der Waals surface area contributed by atoms with Gasteiger partial charge in [-0.25, -0.2) is 0 Å². The lowest BCUT2D eigenvalue weighted by molar-refractivity contribution is 0.0157. The topological polar surface area (TPSA) is 38.5 Å². The number of hydrogen-bond acceptors (Lipinski definition) is 3. The van der Waals surface area contributed by atoms with Gasteiger partial charge >= 0.3 is 0 Å². The van der Waals surface area contributed by atoms with Crippen LogP contribution in [0.1, 0.15) is 65.7 Å². The van der Waals surface area contributed by atoms with Crippen molar-refractivity contribution >= 4 is 0 Å². The summed E-state index contributed by atoms with van der Waals surface area (Å²) in [6, 6.07) is 0. The number of nitrogens with zero attached hydrogens (tertiary/aromatic N) is 1. The first-order valence-corrected chi connectivity index (χ1v) is 8.58. The Kier molecular flexibility index (Phi) is 5.49. The summed E-state index contributed by atoms with van der Waals surface area (Å²) < 4.78 is 5.86. The number of ether oxygens (including phenoxy) is 1. The molecule has 3 nitrogen and oxygen atoms in total. The van der Waals surface area contributed by atoms with E-state index < -0.39 is 0 Å². The Morgan fingerprint density at radius 1 is 1.15 bits per heavy atom. The summed E-state index contributed by atoms with van der Waals surface area (Å²) in [5.41, 5.74) is 6.97. The molecule has 0 aromatic heterocycles. The molecule has 20 heavy (non-hydrogen) atoms. The molecule has 0 radical (unpaired) electrons. The second-order valence-electron chi connectivity index (χ2n) is 7.62. The van der Waals surface area contributed by atoms with Gasteiger partial charge < -0.3 is 10.5 Å². The molecule has 1 saturated carbocycles. The molecule has 0 aromatic carbocycles. The maximum Gasteiger partial charge on any atom is 0.0703 e. The fraction of sp³-hybridized carbons (Fsp3) is 1.00. The van der Waals surface area contributed by atoms with Gasteiger partial charge in [0.15, 0.2) is 0 Å². The van der Waals surface area contributed by atoms with Crippen LogP contribution in [0.25, 0.3) is 0 Å². The summed E-state index contributed by atoms with van der Waals surface area (Å²) in [5.74, 6) is 0. The molecule has 3 heteroatoms. The lowest BCUT2D eigenvalue weighted by Gasteiger charge is -2.44. The van der Waals surface area contributed by atoms with Crippen molar-refractivity contribution in [1.29, 1.82) is 0 Å². The van der Waals surface area contributed by atoms with E-state index in [2.05, 4.69) is 25.7 Å². The first-order valence-electron chi connectivity index (χ1n) is 8.58. The third-order valence-corrected chi connectivity index (χ3v) is 5.64. The molecular formula is C17H34N2O. The van der Waals surface area contributed by atoms with Gasteiger partial charge in [-0.2, -0.15) is 0 Å². The molecule has 2 N–H and O–H groups in total. The van der Waals surface area contributed by atoms with Crippen LogP contribution in [0, 0.1) is 5.41 Å². The molecule has 0 bridgehead atoms. The normalized spacial score (nSPS) is 34.4. The van der Waals surface area contributed by atoms with Crippen LogP contribution in [0.4, 0.5) is 0 Å². The summed E-state index contributed by atoms with van der Waals surface area (Å²) >= 11 is 0. The average Bonchev–Trinajstić information content (AvgIpc) is 2.88. The molecule has 2 fully saturated rings. The zero-order valence-corrected chi connectivity index (χ0v) is 13.8. The third-order valence-electron chi connectivity index (χ3n) is 5.64. The molecule has 2 unspecified atom stereocenters. The van der Waals surface area contributed by atoms with Gasteiger partial charge in [0.2, 0.25) is 0 Å². The van der Waals surface area contributed by atoms with E-state index in [-0.39, 0.29) is 5.54 Å². The smallest absolute Gasteiger partial charge is 0.0703 e. The highest BCUT2D eigenvalue weighted by atomic mass is 16.5. The molecule has 2 aliphatic rings. The predicted molar refractivity (Wildman–Crippen MR) is 84.9 cm³/mol. The largest absolute Gasteiger partial charge is 0.377 e. The lowest BCUT2D eigenvalue weighted by atomic mass is 9.82. The fourth-order valence-electron chi connectivity index (χ4n) is 4.06. The van der Waals surface area contributed by atoms with Gasteiger partial charge in [-0.3, -0.25) is 4.90 Å². The molecule has 1 aliphatic carbocycles. The van der Waals surface area contributed by atoms with Crippen LogP contribution in [0.3, 0.4) is 0 Å². The first kappa shape index (κ1) is 16.3. The number of nitrogens with two attached hydrogens (primary N) is 1. The second-order valence-corrected chi connectivity index (χ2v) is 7.62. The van der Waals surface area contributed by atoms with Crippen molar-refractivity contribution in [1.82, 2.24) is 4.90 Å². The molecule has 0 aromatic rings. The maximum absolute atomic E-state index is 6.26. The van der Waals surface area contributed by atoms with Gasteiger partial charge in [0.25, 0.3) is 0 Å². The third kappa shape index (κ3) is 3.75. The quantitative estimate of drug-likeness (QED) is 0.787. The van der Waals surface area contributed by atoms with Crippen LogP contribution in [0.5, 0.6) is 0 Å². The highest BCUT2D eigenvalue weighted by molar-refractivity contribution is 4.96. The molecule has 1 aliphatic heterocycles. The van der Waals surface area contributed by atoms with Gasteiger partial charge in [-0.1, -0.05) is 27.2 Å². The van der Waals surface area contributed by atoms with E-state index >= 15 is 0 Å². The minimum absolute atomic E-state index is 0.217. The SMILES string of the molecule is CCN(CC1CCCO1)C1(CN)CCCC(C)(C)CC1. The molecule has 2 atom stereocenters. The molecule has 1 saturated heterocycles. The van der Waals surface area contributed by atoms with Crippen LogP contribution in [-0.4, -0.2) is 42.8 Å².